The van der Waals surface area contributed by atoms with Gasteiger partial charge in [-0.15, -0.1) is 0 Å². The van der Waals surface area contributed by atoms with Gasteiger partial charge in [0, 0.05) is 18.5 Å². The van der Waals surface area contributed by atoms with Crippen molar-refractivity contribution < 1.29 is 9.13 Å². The normalized spacial score (nSPS) is 10.0. The minimum absolute atomic E-state index is 0.304. The highest BCUT2D eigenvalue weighted by Crippen LogP contribution is 2.24. The summed E-state index contributed by atoms with van der Waals surface area (Å²) in [6.07, 6.45) is 3.35. The molecule has 15 heavy (non-hydrogen) atoms. The van der Waals surface area contributed by atoms with Gasteiger partial charge < -0.3 is 4.74 Å². The molecule has 0 radical (unpaired) electrons. The van der Waals surface area contributed by atoms with Crippen molar-refractivity contribution in [3.05, 3.63) is 48.5 Å². The Morgan fingerprint density at radius 3 is 2.47 bits per heavy atom. The fourth-order valence-corrected chi connectivity index (χ4v) is 1.39. The molecule has 0 N–H and O–H groups in total. The summed E-state index contributed by atoms with van der Waals surface area (Å²) in [6.45, 7) is 0. The van der Waals surface area contributed by atoms with Crippen molar-refractivity contribution in [1.82, 2.24) is 4.98 Å². The third-order valence-electron chi connectivity index (χ3n) is 2.12. The maximum absolute atomic E-state index is 13.2. The molecule has 0 unspecified atom stereocenters. The predicted molar refractivity (Wildman–Crippen MR) is 56.2 cm³/mol. The summed E-state index contributed by atoms with van der Waals surface area (Å²) in [7, 11) is 1.52. The second-order valence-electron chi connectivity index (χ2n) is 3.12. The van der Waals surface area contributed by atoms with Crippen LogP contribution in [0.25, 0.3) is 11.1 Å². The van der Waals surface area contributed by atoms with Crippen molar-refractivity contribution in [3.8, 4) is 16.9 Å². The number of ether oxygens (including phenoxy) is 1. The summed E-state index contributed by atoms with van der Waals surface area (Å²) >= 11 is 0. The maximum Gasteiger partial charge on any atom is 0.127 e. The molecule has 1 aromatic carbocycles. The summed E-state index contributed by atoms with van der Waals surface area (Å²) in [5.41, 5.74) is 1.71. The highest BCUT2D eigenvalue weighted by molar-refractivity contribution is 5.64. The first kappa shape index (κ1) is 9.65. The van der Waals surface area contributed by atoms with Crippen LogP contribution in [0, 0.1) is 5.82 Å². The molecule has 76 valence electrons. The van der Waals surface area contributed by atoms with Crippen LogP contribution in [0.2, 0.25) is 0 Å². The van der Waals surface area contributed by atoms with E-state index in [0.29, 0.717) is 5.75 Å². The quantitative estimate of drug-likeness (QED) is 0.748. The molecule has 0 aliphatic heterocycles. The Morgan fingerprint density at radius 1 is 1.07 bits per heavy atom. The molecular weight excluding hydrogens is 193 g/mol. The van der Waals surface area contributed by atoms with Gasteiger partial charge in [0.1, 0.15) is 11.6 Å². The van der Waals surface area contributed by atoms with Gasteiger partial charge in [0.25, 0.3) is 0 Å². The van der Waals surface area contributed by atoms with Crippen LogP contribution < -0.4 is 4.74 Å². The second-order valence-corrected chi connectivity index (χ2v) is 3.12. The Bertz CT molecular complexity index is 456. The van der Waals surface area contributed by atoms with E-state index in [2.05, 4.69) is 4.98 Å². The van der Waals surface area contributed by atoms with Gasteiger partial charge in [-0.3, -0.25) is 4.98 Å². The van der Waals surface area contributed by atoms with Crippen molar-refractivity contribution in [1.29, 1.82) is 0 Å². The first-order valence-corrected chi connectivity index (χ1v) is 4.54. The van der Waals surface area contributed by atoms with Crippen molar-refractivity contribution in [2.45, 2.75) is 0 Å². The number of pyridine rings is 1. The van der Waals surface area contributed by atoms with Gasteiger partial charge in [0.2, 0.25) is 0 Å². The van der Waals surface area contributed by atoms with Gasteiger partial charge in [-0.05, 0) is 35.4 Å². The lowest BCUT2D eigenvalue weighted by atomic mass is 10.1. The molecule has 0 aliphatic carbocycles. The van der Waals surface area contributed by atoms with E-state index >= 15 is 0 Å². The summed E-state index contributed by atoms with van der Waals surface area (Å²) < 4.78 is 18.2. The van der Waals surface area contributed by atoms with Gasteiger partial charge >= 0.3 is 0 Å². The van der Waals surface area contributed by atoms with E-state index < -0.39 is 0 Å². The van der Waals surface area contributed by atoms with Crippen molar-refractivity contribution in [3.63, 3.8) is 0 Å². The Balaban J connectivity index is 2.49. The van der Waals surface area contributed by atoms with Crippen molar-refractivity contribution in [2.75, 3.05) is 7.11 Å². The fraction of sp³-hybridized carbons (Fsp3) is 0.0833. The van der Waals surface area contributed by atoms with Crippen molar-refractivity contribution in [2.24, 2.45) is 0 Å². The number of rotatable bonds is 2. The van der Waals surface area contributed by atoms with E-state index in [0.717, 1.165) is 11.1 Å². The first-order valence-electron chi connectivity index (χ1n) is 4.54. The molecule has 3 heteroatoms. The molecule has 1 aromatic heterocycles. The zero-order valence-electron chi connectivity index (χ0n) is 8.27. The highest BCUT2D eigenvalue weighted by Gasteiger charge is 2.02. The van der Waals surface area contributed by atoms with E-state index in [1.54, 1.807) is 18.5 Å². The Labute approximate surface area is 87.4 Å². The molecule has 0 spiro atoms. The second kappa shape index (κ2) is 4.09. The molecule has 0 saturated carbocycles. The monoisotopic (exact) mass is 203 g/mol. The van der Waals surface area contributed by atoms with Crippen LogP contribution >= 0.6 is 0 Å². The zero-order chi connectivity index (χ0) is 10.7. The van der Waals surface area contributed by atoms with E-state index in [9.17, 15) is 4.39 Å². The number of nitrogens with zero attached hydrogens (tertiary/aromatic N) is 1. The number of benzene rings is 1. The summed E-state index contributed by atoms with van der Waals surface area (Å²) in [6, 6.07) is 8.27. The maximum atomic E-state index is 13.2. The third-order valence-corrected chi connectivity index (χ3v) is 2.12. The van der Waals surface area contributed by atoms with Crippen LogP contribution in [0.1, 0.15) is 0 Å². The molecule has 0 atom stereocenters. The third kappa shape index (κ3) is 2.13. The Hall–Kier alpha value is -1.90. The topological polar surface area (TPSA) is 22.1 Å². The SMILES string of the molecule is COc1cc(F)cc(-c2ccncc2)c1. The standard InChI is InChI=1S/C12H10FNO/c1-15-12-7-10(6-11(13)8-12)9-2-4-14-5-3-9/h2-8H,1H3. The lowest BCUT2D eigenvalue weighted by Gasteiger charge is -2.04. The molecule has 0 aliphatic rings. The van der Waals surface area contributed by atoms with Gasteiger partial charge in [-0.25, -0.2) is 4.39 Å². The highest BCUT2D eigenvalue weighted by atomic mass is 19.1. The molecule has 0 saturated heterocycles. The average Bonchev–Trinajstić information content (AvgIpc) is 2.29. The average molecular weight is 203 g/mol. The van der Waals surface area contributed by atoms with E-state index in [4.69, 9.17) is 4.74 Å². The van der Waals surface area contributed by atoms with Crippen LogP contribution in [0.3, 0.4) is 0 Å². The van der Waals surface area contributed by atoms with E-state index in [1.165, 1.54) is 19.2 Å². The van der Waals surface area contributed by atoms with E-state index in [1.807, 2.05) is 12.1 Å². The van der Waals surface area contributed by atoms with Crippen LogP contribution in [0.4, 0.5) is 4.39 Å². The summed E-state index contributed by atoms with van der Waals surface area (Å²) in [5, 5.41) is 0. The fourth-order valence-electron chi connectivity index (χ4n) is 1.39. The number of halogens is 1. The molecule has 1 heterocycles. The van der Waals surface area contributed by atoms with Crippen LogP contribution in [0.5, 0.6) is 5.75 Å². The minimum atomic E-state index is -0.304. The number of aromatic nitrogens is 1. The Morgan fingerprint density at radius 2 is 1.80 bits per heavy atom. The smallest absolute Gasteiger partial charge is 0.127 e. The number of hydrogen-bond donors (Lipinski definition) is 0. The minimum Gasteiger partial charge on any atom is -0.497 e. The predicted octanol–water partition coefficient (Wildman–Crippen LogP) is 2.90. The molecule has 2 nitrogen and oxygen atoms in total. The summed E-state index contributed by atoms with van der Waals surface area (Å²) in [5.74, 6) is 0.211. The lowest BCUT2D eigenvalue weighted by Crippen LogP contribution is -1.87. The first-order chi connectivity index (χ1) is 7.29. The molecule has 2 aromatic rings. The van der Waals surface area contributed by atoms with Crippen molar-refractivity contribution >= 4 is 0 Å². The zero-order valence-corrected chi connectivity index (χ0v) is 8.27. The Kier molecular flexibility index (Phi) is 2.63. The summed E-state index contributed by atoms with van der Waals surface area (Å²) in [4.78, 5) is 3.91. The van der Waals surface area contributed by atoms with Crippen LogP contribution in [-0.4, -0.2) is 12.1 Å². The number of hydrogen-bond acceptors (Lipinski definition) is 2. The van der Waals surface area contributed by atoms with Gasteiger partial charge in [-0.2, -0.15) is 0 Å². The molecule has 2 rings (SSSR count). The number of methoxy groups -OCH3 is 1. The van der Waals surface area contributed by atoms with Crippen LogP contribution in [-0.2, 0) is 0 Å². The molecule has 0 amide bonds. The largest absolute Gasteiger partial charge is 0.497 e. The van der Waals surface area contributed by atoms with Gasteiger partial charge in [0.15, 0.2) is 0 Å². The lowest BCUT2D eigenvalue weighted by molar-refractivity contribution is 0.411. The molecule has 0 bridgehead atoms. The van der Waals surface area contributed by atoms with Gasteiger partial charge in [-0.1, -0.05) is 0 Å². The van der Waals surface area contributed by atoms with E-state index in [-0.39, 0.29) is 5.82 Å². The van der Waals surface area contributed by atoms with Gasteiger partial charge in [0.05, 0.1) is 7.11 Å². The molecule has 0 fully saturated rings. The van der Waals surface area contributed by atoms with Crippen LogP contribution in [0.15, 0.2) is 42.7 Å². The molecular formula is C12H10FNO.